The van der Waals surface area contributed by atoms with E-state index in [1.807, 2.05) is 0 Å². The van der Waals surface area contributed by atoms with Gasteiger partial charge in [-0.3, -0.25) is 0 Å². The molecule has 1 unspecified atom stereocenters. The molecule has 112 valence electrons. The van der Waals surface area contributed by atoms with Gasteiger partial charge in [0.05, 0.1) is 18.7 Å². The molecule has 3 nitrogen and oxygen atoms in total. The summed E-state index contributed by atoms with van der Waals surface area (Å²) in [7, 11) is 3.38. The lowest BCUT2D eigenvalue weighted by molar-refractivity contribution is 0.349. The van der Waals surface area contributed by atoms with Gasteiger partial charge in [-0.2, -0.15) is 0 Å². The van der Waals surface area contributed by atoms with E-state index in [9.17, 15) is 0 Å². The van der Waals surface area contributed by atoms with E-state index in [-0.39, 0.29) is 0 Å². The molecule has 1 aliphatic rings. The number of piperidine rings is 1. The molecule has 1 aromatic rings. The van der Waals surface area contributed by atoms with E-state index in [0.717, 1.165) is 47.8 Å². The maximum atomic E-state index is 5.48. The van der Waals surface area contributed by atoms with Crippen LogP contribution >= 0.6 is 15.9 Å². The fourth-order valence-corrected chi connectivity index (χ4v) is 3.90. The Balaban J connectivity index is 2.32. The van der Waals surface area contributed by atoms with Crippen LogP contribution in [0.25, 0.3) is 0 Å². The fraction of sp³-hybridized carbons (Fsp3) is 0.625. The minimum Gasteiger partial charge on any atom is -0.493 e. The molecule has 20 heavy (non-hydrogen) atoms. The molecular formula is C16H24BrNO2. The Kier molecular flexibility index (Phi) is 5.73. The highest BCUT2D eigenvalue weighted by molar-refractivity contribution is 9.10. The van der Waals surface area contributed by atoms with Gasteiger partial charge in [0.25, 0.3) is 0 Å². The Bertz CT molecular complexity index is 456. The maximum Gasteiger partial charge on any atom is 0.175 e. The lowest BCUT2D eigenvalue weighted by Gasteiger charge is -2.25. The van der Waals surface area contributed by atoms with Crippen molar-refractivity contribution in [3.8, 4) is 11.5 Å². The van der Waals surface area contributed by atoms with Gasteiger partial charge in [0, 0.05) is 0 Å². The highest BCUT2D eigenvalue weighted by atomic mass is 79.9. The van der Waals surface area contributed by atoms with Gasteiger partial charge in [-0.1, -0.05) is 6.92 Å². The van der Waals surface area contributed by atoms with Crippen LogP contribution in [0, 0.1) is 5.92 Å². The number of nitrogens with one attached hydrogen (secondary N) is 1. The van der Waals surface area contributed by atoms with Crippen molar-refractivity contribution in [2.75, 3.05) is 27.3 Å². The van der Waals surface area contributed by atoms with Gasteiger partial charge in [0.2, 0.25) is 0 Å². The summed E-state index contributed by atoms with van der Waals surface area (Å²) in [5.74, 6) is 2.34. The molecule has 0 aromatic heterocycles. The standard InChI is InChI=1S/C16H24BrNO2/c1-4-13-12(8-11-6-5-7-18-10-11)9-14(19-2)16(20-3)15(13)17/h9,11,18H,4-8,10H2,1-3H3. The molecular weight excluding hydrogens is 318 g/mol. The number of ether oxygens (including phenoxy) is 2. The summed E-state index contributed by atoms with van der Waals surface area (Å²) in [6.07, 6.45) is 4.69. The van der Waals surface area contributed by atoms with Crippen LogP contribution in [0.4, 0.5) is 0 Å². The van der Waals surface area contributed by atoms with Gasteiger partial charge in [-0.15, -0.1) is 0 Å². The number of hydrogen-bond donors (Lipinski definition) is 1. The number of methoxy groups -OCH3 is 2. The number of halogens is 1. The molecule has 1 fully saturated rings. The quantitative estimate of drug-likeness (QED) is 0.887. The molecule has 1 N–H and O–H groups in total. The fourth-order valence-electron chi connectivity index (χ4n) is 3.01. The third kappa shape index (κ3) is 3.29. The van der Waals surface area contributed by atoms with Crippen molar-refractivity contribution < 1.29 is 9.47 Å². The first-order valence-electron chi connectivity index (χ1n) is 7.34. The average Bonchev–Trinajstić information content (AvgIpc) is 2.48. The zero-order valence-corrected chi connectivity index (χ0v) is 14.2. The summed E-state index contributed by atoms with van der Waals surface area (Å²) in [6, 6.07) is 2.15. The summed E-state index contributed by atoms with van der Waals surface area (Å²) < 4.78 is 12.0. The molecule has 0 bridgehead atoms. The van der Waals surface area contributed by atoms with Crippen molar-refractivity contribution in [1.82, 2.24) is 5.32 Å². The van der Waals surface area contributed by atoms with Crippen LogP contribution in [0.1, 0.15) is 30.9 Å². The van der Waals surface area contributed by atoms with Crippen molar-refractivity contribution in [2.24, 2.45) is 5.92 Å². The van der Waals surface area contributed by atoms with Crippen molar-refractivity contribution in [3.05, 3.63) is 21.7 Å². The smallest absolute Gasteiger partial charge is 0.175 e. The molecule has 0 spiro atoms. The maximum absolute atomic E-state index is 5.48. The lowest BCUT2D eigenvalue weighted by atomic mass is 9.89. The van der Waals surface area contributed by atoms with Crippen LogP contribution < -0.4 is 14.8 Å². The minimum atomic E-state index is 0.721. The highest BCUT2D eigenvalue weighted by Crippen LogP contribution is 2.41. The molecule has 0 radical (unpaired) electrons. The molecule has 4 heteroatoms. The summed E-state index contributed by atoms with van der Waals surface area (Å²) >= 11 is 3.69. The topological polar surface area (TPSA) is 30.5 Å². The second kappa shape index (κ2) is 7.32. The number of hydrogen-bond acceptors (Lipinski definition) is 3. The van der Waals surface area contributed by atoms with E-state index in [2.05, 4.69) is 34.2 Å². The van der Waals surface area contributed by atoms with Crippen molar-refractivity contribution in [3.63, 3.8) is 0 Å². The van der Waals surface area contributed by atoms with Crippen molar-refractivity contribution >= 4 is 15.9 Å². The zero-order chi connectivity index (χ0) is 14.5. The van der Waals surface area contributed by atoms with Crippen LogP contribution in [0.15, 0.2) is 10.5 Å². The Hall–Kier alpha value is -0.740. The van der Waals surface area contributed by atoms with Gasteiger partial charge in [0.15, 0.2) is 11.5 Å². The third-order valence-corrected chi connectivity index (χ3v) is 4.90. The Morgan fingerprint density at radius 1 is 1.35 bits per heavy atom. The molecule has 1 atom stereocenters. The first kappa shape index (κ1) is 15.6. The summed E-state index contributed by atoms with van der Waals surface area (Å²) in [5, 5.41) is 3.49. The monoisotopic (exact) mass is 341 g/mol. The van der Waals surface area contributed by atoms with Crippen LogP contribution in [0.2, 0.25) is 0 Å². The van der Waals surface area contributed by atoms with Gasteiger partial charge in [0.1, 0.15) is 0 Å². The van der Waals surface area contributed by atoms with Gasteiger partial charge >= 0.3 is 0 Å². The first-order chi connectivity index (χ1) is 9.71. The van der Waals surface area contributed by atoms with Crippen LogP contribution in [-0.2, 0) is 12.8 Å². The van der Waals surface area contributed by atoms with E-state index in [0.29, 0.717) is 0 Å². The SMILES string of the molecule is CCc1c(CC2CCCNC2)cc(OC)c(OC)c1Br. The van der Waals surface area contributed by atoms with E-state index >= 15 is 0 Å². The van der Waals surface area contributed by atoms with Crippen LogP contribution in [-0.4, -0.2) is 27.3 Å². The number of rotatable bonds is 5. The van der Waals surface area contributed by atoms with E-state index in [1.165, 1.54) is 24.0 Å². The van der Waals surface area contributed by atoms with Crippen LogP contribution in [0.3, 0.4) is 0 Å². The second-order valence-corrected chi connectivity index (χ2v) is 6.13. The van der Waals surface area contributed by atoms with E-state index in [1.54, 1.807) is 14.2 Å². The second-order valence-electron chi connectivity index (χ2n) is 5.33. The highest BCUT2D eigenvalue weighted by Gasteiger charge is 2.20. The van der Waals surface area contributed by atoms with E-state index < -0.39 is 0 Å². The zero-order valence-electron chi connectivity index (χ0n) is 12.6. The predicted molar refractivity (Wildman–Crippen MR) is 85.9 cm³/mol. The normalized spacial score (nSPS) is 18.9. The van der Waals surface area contributed by atoms with E-state index in [4.69, 9.17) is 9.47 Å². The molecule has 1 aromatic carbocycles. The lowest BCUT2D eigenvalue weighted by Crippen LogP contribution is -2.31. The Labute approximate surface area is 130 Å². The summed E-state index contributed by atoms with van der Waals surface area (Å²) in [4.78, 5) is 0. The minimum absolute atomic E-state index is 0.721. The van der Waals surface area contributed by atoms with Crippen molar-refractivity contribution in [2.45, 2.75) is 32.6 Å². The molecule has 0 amide bonds. The first-order valence-corrected chi connectivity index (χ1v) is 8.13. The van der Waals surface area contributed by atoms with Gasteiger partial charge in [-0.25, -0.2) is 0 Å². The molecule has 1 saturated heterocycles. The molecule has 0 saturated carbocycles. The summed E-state index contributed by atoms with van der Waals surface area (Å²) in [6.45, 7) is 4.47. The molecule has 1 aliphatic heterocycles. The molecule has 2 rings (SSSR count). The Morgan fingerprint density at radius 3 is 2.70 bits per heavy atom. The van der Waals surface area contributed by atoms with Crippen molar-refractivity contribution in [1.29, 1.82) is 0 Å². The van der Waals surface area contributed by atoms with Gasteiger partial charge in [-0.05, 0) is 77.8 Å². The van der Waals surface area contributed by atoms with Crippen LogP contribution in [0.5, 0.6) is 11.5 Å². The van der Waals surface area contributed by atoms with Gasteiger partial charge < -0.3 is 14.8 Å². The average molecular weight is 342 g/mol. The largest absolute Gasteiger partial charge is 0.493 e. The predicted octanol–water partition coefficient (Wildman–Crippen LogP) is 3.57. The summed E-state index contributed by atoms with van der Waals surface area (Å²) in [5.41, 5.74) is 2.72. The number of benzene rings is 1. The third-order valence-electron chi connectivity index (χ3n) is 4.07. The Morgan fingerprint density at radius 2 is 2.15 bits per heavy atom. The molecule has 0 aliphatic carbocycles. The molecule has 1 heterocycles.